The minimum absolute atomic E-state index is 0.104. The van der Waals surface area contributed by atoms with Gasteiger partial charge in [-0.15, -0.1) is 0 Å². The zero-order valence-corrected chi connectivity index (χ0v) is 9.75. The molecule has 0 radical (unpaired) electrons. The van der Waals surface area contributed by atoms with Gasteiger partial charge in [0.05, 0.1) is 5.02 Å². The van der Waals surface area contributed by atoms with Crippen LogP contribution in [0.3, 0.4) is 0 Å². The zero-order valence-electron chi connectivity index (χ0n) is 8.24. The summed E-state index contributed by atoms with van der Waals surface area (Å²) in [6, 6.07) is 2.97. The summed E-state index contributed by atoms with van der Waals surface area (Å²) in [4.78, 5) is 0. The molecule has 1 atom stereocenters. The highest BCUT2D eigenvalue weighted by Crippen LogP contribution is 2.39. The van der Waals surface area contributed by atoms with Crippen molar-refractivity contribution in [2.45, 2.75) is 18.5 Å². The van der Waals surface area contributed by atoms with Crippen molar-refractivity contribution in [2.24, 2.45) is 0 Å². The molecular formula is C9H4Cl2F6O. The maximum absolute atomic E-state index is 12.9. The van der Waals surface area contributed by atoms with Crippen LogP contribution in [0, 0.1) is 0 Å². The summed E-state index contributed by atoms with van der Waals surface area (Å²) in [6.45, 7) is 0. The van der Waals surface area contributed by atoms with Crippen LogP contribution in [-0.4, -0.2) is 18.5 Å². The molecule has 0 saturated heterocycles. The third-order valence-corrected chi connectivity index (χ3v) is 2.27. The van der Waals surface area contributed by atoms with E-state index < -0.39 is 29.2 Å². The van der Waals surface area contributed by atoms with Gasteiger partial charge >= 0.3 is 12.3 Å². The molecule has 0 bridgehead atoms. The fraction of sp³-hybridized carbons (Fsp3) is 0.333. The predicted molar refractivity (Wildman–Crippen MR) is 53.0 cm³/mol. The van der Waals surface area contributed by atoms with Crippen molar-refractivity contribution in [2.75, 3.05) is 0 Å². The first-order valence-electron chi connectivity index (χ1n) is 4.26. The fourth-order valence-electron chi connectivity index (χ4n) is 0.944. The summed E-state index contributed by atoms with van der Waals surface area (Å²) >= 11 is 10.8. The first-order valence-corrected chi connectivity index (χ1v) is 5.02. The summed E-state index contributed by atoms with van der Waals surface area (Å²) in [7, 11) is 0. The average molecular weight is 313 g/mol. The summed E-state index contributed by atoms with van der Waals surface area (Å²) in [5.74, 6) is -0.846. The molecule has 1 rings (SSSR count). The van der Waals surface area contributed by atoms with Gasteiger partial charge in [-0.1, -0.05) is 23.2 Å². The molecule has 0 aromatic heterocycles. The van der Waals surface area contributed by atoms with Crippen LogP contribution in [0.25, 0.3) is 0 Å². The Bertz CT molecular complexity index is 434. The van der Waals surface area contributed by atoms with Gasteiger partial charge in [-0.2, -0.15) is 22.0 Å². The molecule has 9 heteroatoms. The zero-order chi connectivity index (χ0) is 14.1. The van der Waals surface area contributed by atoms with Crippen LogP contribution in [0.15, 0.2) is 18.2 Å². The van der Waals surface area contributed by atoms with E-state index in [1.54, 1.807) is 0 Å². The van der Waals surface area contributed by atoms with Crippen LogP contribution in [0.2, 0.25) is 10.0 Å². The van der Waals surface area contributed by atoms with Crippen molar-refractivity contribution < 1.29 is 31.1 Å². The Morgan fingerprint density at radius 2 is 1.61 bits per heavy atom. The van der Waals surface area contributed by atoms with Gasteiger partial charge in [-0.3, -0.25) is 0 Å². The lowest BCUT2D eigenvalue weighted by atomic mass is 10.3. The van der Waals surface area contributed by atoms with Gasteiger partial charge in [0.1, 0.15) is 5.75 Å². The van der Waals surface area contributed by atoms with Crippen molar-refractivity contribution in [3.05, 3.63) is 28.2 Å². The van der Waals surface area contributed by atoms with E-state index in [0.29, 0.717) is 0 Å². The fourth-order valence-corrected chi connectivity index (χ4v) is 1.26. The van der Waals surface area contributed by atoms with E-state index in [9.17, 15) is 26.3 Å². The van der Waals surface area contributed by atoms with Crippen molar-refractivity contribution in [3.63, 3.8) is 0 Å². The molecule has 0 saturated carbocycles. The number of halogens is 8. The third-order valence-electron chi connectivity index (χ3n) is 1.72. The molecule has 1 nitrogen and oxygen atoms in total. The van der Waals surface area contributed by atoms with Gasteiger partial charge in [0.15, 0.2) is 0 Å². The molecule has 0 N–H and O–H groups in total. The van der Waals surface area contributed by atoms with Crippen molar-refractivity contribution in [1.29, 1.82) is 0 Å². The Balaban J connectivity index is 2.98. The Morgan fingerprint density at radius 1 is 1.06 bits per heavy atom. The minimum atomic E-state index is -5.76. The molecule has 1 aromatic carbocycles. The summed E-state index contributed by atoms with van der Waals surface area (Å²) < 4.78 is 77.5. The Morgan fingerprint density at radius 3 is 2.11 bits per heavy atom. The second-order valence-corrected chi connectivity index (χ2v) is 3.99. The van der Waals surface area contributed by atoms with E-state index in [0.717, 1.165) is 12.1 Å². The monoisotopic (exact) mass is 312 g/mol. The molecule has 0 aliphatic rings. The van der Waals surface area contributed by atoms with Crippen molar-refractivity contribution in [1.82, 2.24) is 0 Å². The molecule has 0 heterocycles. The molecule has 18 heavy (non-hydrogen) atoms. The van der Waals surface area contributed by atoms with E-state index in [-0.39, 0.29) is 5.02 Å². The van der Waals surface area contributed by atoms with E-state index in [4.69, 9.17) is 23.2 Å². The topological polar surface area (TPSA) is 9.23 Å². The second kappa shape index (κ2) is 5.05. The lowest BCUT2D eigenvalue weighted by Crippen LogP contribution is -2.45. The Hall–Kier alpha value is -0.820. The van der Waals surface area contributed by atoms with Gasteiger partial charge < -0.3 is 4.74 Å². The smallest absolute Gasteiger partial charge is 0.428 e. The largest absolute Gasteiger partial charge is 0.439 e. The van der Waals surface area contributed by atoms with E-state index in [1.165, 1.54) is 6.07 Å². The molecule has 1 unspecified atom stereocenters. The summed E-state index contributed by atoms with van der Waals surface area (Å²) in [6.07, 6.45) is -15.3. The lowest BCUT2D eigenvalue weighted by molar-refractivity contribution is -0.304. The predicted octanol–water partition coefficient (Wildman–Crippen LogP) is 4.87. The average Bonchev–Trinajstić information content (AvgIpc) is 2.20. The molecule has 0 fully saturated rings. The highest BCUT2D eigenvalue weighted by atomic mass is 35.5. The highest BCUT2D eigenvalue weighted by Gasteiger charge is 2.59. The van der Waals surface area contributed by atoms with E-state index >= 15 is 0 Å². The SMILES string of the molecule is FC(C(F)(F)F)C(F)(F)Oc1cc(Cl)ccc1Cl. The van der Waals surface area contributed by atoms with Crippen molar-refractivity contribution in [3.8, 4) is 5.75 Å². The lowest BCUT2D eigenvalue weighted by Gasteiger charge is -2.23. The summed E-state index contributed by atoms with van der Waals surface area (Å²) in [5, 5.41) is -0.527. The maximum atomic E-state index is 12.9. The maximum Gasteiger partial charge on any atom is 0.439 e. The Kier molecular flexibility index (Phi) is 4.27. The molecule has 1 aromatic rings. The highest BCUT2D eigenvalue weighted by molar-refractivity contribution is 6.34. The van der Waals surface area contributed by atoms with Crippen LogP contribution in [0.5, 0.6) is 5.75 Å². The van der Waals surface area contributed by atoms with Crippen molar-refractivity contribution >= 4 is 23.2 Å². The van der Waals surface area contributed by atoms with Gasteiger partial charge in [0, 0.05) is 11.1 Å². The minimum Gasteiger partial charge on any atom is -0.428 e. The molecule has 0 amide bonds. The first kappa shape index (κ1) is 15.2. The quantitative estimate of drug-likeness (QED) is 0.724. The number of alkyl halides is 6. The molecule has 0 spiro atoms. The van der Waals surface area contributed by atoms with Gasteiger partial charge in [0.25, 0.3) is 6.17 Å². The first-order chi connectivity index (χ1) is 8.04. The Labute approximate surface area is 107 Å². The van der Waals surface area contributed by atoms with Crippen LogP contribution in [0.4, 0.5) is 26.3 Å². The number of hydrogen-bond donors (Lipinski definition) is 0. The summed E-state index contributed by atoms with van der Waals surface area (Å²) in [5.41, 5.74) is 0. The van der Waals surface area contributed by atoms with Crippen LogP contribution < -0.4 is 4.74 Å². The number of hydrogen-bond acceptors (Lipinski definition) is 1. The van der Waals surface area contributed by atoms with E-state index in [2.05, 4.69) is 4.74 Å². The number of rotatable bonds is 3. The molecule has 102 valence electrons. The molecule has 0 aliphatic heterocycles. The standard InChI is InChI=1S/C9H4Cl2F6O/c10-4-1-2-5(11)6(3-4)18-9(16,17)7(12)8(13,14)15/h1-3,7H. The number of ether oxygens (including phenoxy) is 1. The second-order valence-electron chi connectivity index (χ2n) is 3.14. The van der Waals surface area contributed by atoms with Crippen LogP contribution in [-0.2, 0) is 0 Å². The van der Waals surface area contributed by atoms with E-state index in [1.807, 2.05) is 0 Å². The van der Waals surface area contributed by atoms with Crippen LogP contribution in [0.1, 0.15) is 0 Å². The van der Waals surface area contributed by atoms with Gasteiger partial charge in [0.2, 0.25) is 0 Å². The van der Waals surface area contributed by atoms with Crippen LogP contribution >= 0.6 is 23.2 Å². The van der Waals surface area contributed by atoms with Gasteiger partial charge in [-0.05, 0) is 12.1 Å². The number of benzene rings is 1. The third kappa shape index (κ3) is 3.58. The normalized spacial score (nSPS) is 14.4. The molecule has 0 aliphatic carbocycles. The molecular weight excluding hydrogens is 309 g/mol. The van der Waals surface area contributed by atoms with Gasteiger partial charge in [-0.25, -0.2) is 4.39 Å².